The summed E-state index contributed by atoms with van der Waals surface area (Å²) in [5.41, 5.74) is 9.87. The molecule has 90 valence electrons. The largest absolute Gasteiger partial charge is 0.320 e. The highest BCUT2D eigenvalue weighted by molar-refractivity contribution is 7.17. The Bertz CT molecular complexity index is 688. The zero-order valence-electron chi connectivity index (χ0n) is 10.1. The summed E-state index contributed by atoms with van der Waals surface area (Å²) >= 11 is 1.74. The number of pyridine rings is 1. The molecule has 3 rings (SSSR count). The normalized spacial score (nSPS) is 12.8. The van der Waals surface area contributed by atoms with Crippen LogP contribution in [0.15, 0.2) is 48.1 Å². The number of fused-ring (bicyclic) bond motifs is 1. The van der Waals surface area contributed by atoms with E-state index in [1.165, 1.54) is 21.2 Å². The third kappa shape index (κ3) is 1.82. The lowest BCUT2D eigenvalue weighted by Crippen LogP contribution is -2.13. The molecule has 0 aliphatic rings. The van der Waals surface area contributed by atoms with Crippen molar-refractivity contribution in [2.45, 2.75) is 13.0 Å². The fraction of sp³-hybridized carbons (Fsp3) is 0.133. The Labute approximate surface area is 110 Å². The molecule has 0 bridgehead atoms. The maximum Gasteiger partial charge on any atom is 0.0583 e. The number of hydrogen-bond donors (Lipinski definition) is 1. The first-order valence-electron chi connectivity index (χ1n) is 5.89. The molecule has 2 aromatic heterocycles. The molecule has 1 aromatic carbocycles. The van der Waals surface area contributed by atoms with Crippen molar-refractivity contribution in [3.8, 4) is 0 Å². The summed E-state index contributed by atoms with van der Waals surface area (Å²) in [6, 6.07) is 10.3. The molecule has 1 unspecified atom stereocenters. The highest BCUT2D eigenvalue weighted by atomic mass is 32.1. The molecule has 2 heterocycles. The second-order valence-corrected chi connectivity index (χ2v) is 5.31. The summed E-state index contributed by atoms with van der Waals surface area (Å²) in [5, 5.41) is 3.37. The van der Waals surface area contributed by atoms with Gasteiger partial charge in [-0.3, -0.25) is 4.98 Å². The molecule has 0 amide bonds. The van der Waals surface area contributed by atoms with Crippen molar-refractivity contribution in [3.63, 3.8) is 0 Å². The summed E-state index contributed by atoms with van der Waals surface area (Å²) < 4.78 is 1.27. The van der Waals surface area contributed by atoms with Gasteiger partial charge >= 0.3 is 0 Å². The molecule has 0 aliphatic heterocycles. The lowest BCUT2D eigenvalue weighted by Gasteiger charge is -2.15. The van der Waals surface area contributed by atoms with Gasteiger partial charge in [-0.15, -0.1) is 11.3 Å². The van der Waals surface area contributed by atoms with Crippen LogP contribution < -0.4 is 5.73 Å². The maximum atomic E-state index is 6.41. The Morgan fingerprint density at radius 1 is 1.17 bits per heavy atom. The summed E-state index contributed by atoms with van der Waals surface area (Å²) in [4.78, 5) is 4.18. The first-order valence-corrected chi connectivity index (χ1v) is 6.77. The Morgan fingerprint density at radius 2 is 2.06 bits per heavy atom. The van der Waals surface area contributed by atoms with Crippen LogP contribution >= 0.6 is 11.3 Å². The van der Waals surface area contributed by atoms with Gasteiger partial charge in [0.05, 0.1) is 6.04 Å². The third-order valence-electron chi connectivity index (χ3n) is 3.26. The zero-order valence-corrected chi connectivity index (χ0v) is 10.9. The van der Waals surface area contributed by atoms with Crippen molar-refractivity contribution >= 4 is 21.4 Å². The average Bonchev–Trinajstić information content (AvgIpc) is 2.86. The molecule has 18 heavy (non-hydrogen) atoms. The number of hydrogen-bond acceptors (Lipinski definition) is 3. The van der Waals surface area contributed by atoms with Crippen molar-refractivity contribution in [2.24, 2.45) is 5.73 Å². The molecule has 0 spiro atoms. The highest BCUT2D eigenvalue weighted by Gasteiger charge is 2.14. The summed E-state index contributed by atoms with van der Waals surface area (Å²) in [6.07, 6.45) is 3.67. The van der Waals surface area contributed by atoms with Crippen LogP contribution in [0.4, 0.5) is 0 Å². The van der Waals surface area contributed by atoms with Crippen LogP contribution in [0.5, 0.6) is 0 Å². The molecule has 0 saturated heterocycles. The topological polar surface area (TPSA) is 38.9 Å². The zero-order chi connectivity index (χ0) is 12.5. The Hall–Kier alpha value is -1.71. The minimum absolute atomic E-state index is 0.110. The van der Waals surface area contributed by atoms with Crippen LogP contribution in [0, 0.1) is 6.92 Å². The van der Waals surface area contributed by atoms with E-state index in [-0.39, 0.29) is 6.04 Å². The van der Waals surface area contributed by atoms with E-state index in [9.17, 15) is 0 Å². The van der Waals surface area contributed by atoms with Crippen molar-refractivity contribution < 1.29 is 0 Å². The van der Waals surface area contributed by atoms with Crippen molar-refractivity contribution in [1.29, 1.82) is 0 Å². The second-order valence-electron chi connectivity index (χ2n) is 4.40. The summed E-state index contributed by atoms with van der Waals surface area (Å²) in [7, 11) is 0. The van der Waals surface area contributed by atoms with Gasteiger partial charge in [0, 0.05) is 17.1 Å². The minimum atomic E-state index is -0.110. The monoisotopic (exact) mass is 254 g/mol. The fourth-order valence-electron chi connectivity index (χ4n) is 2.23. The molecule has 3 aromatic rings. The van der Waals surface area contributed by atoms with Crippen molar-refractivity contribution in [3.05, 3.63) is 64.8 Å². The van der Waals surface area contributed by atoms with Crippen molar-refractivity contribution in [2.75, 3.05) is 0 Å². The van der Waals surface area contributed by atoms with Gasteiger partial charge in [-0.05, 0) is 46.5 Å². The Balaban J connectivity index is 2.15. The first kappa shape index (κ1) is 11.4. The van der Waals surface area contributed by atoms with E-state index in [1.54, 1.807) is 17.5 Å². The quantitative estimate of drug-likeness (QED) is 0.758. The van der Waals surface area contributed by atoms with Gasteiger partial charge < -0.3 is 5.73 Å². The SMILES string of the molecule is Cc1ccncc1C(N)c1cccc2ccsc12. The van der Waals surface area contributed by atoms with E-state index in [0.717, 1.165) is 5.56 Å². The van der Waals surface area contributed by atoms with E-state index in [1.807, 2.05) is 12.3 Å². The number of thiophene rings is 1. The van der Waals surface area contributed by atoms with E-state index in [2.05, 4.69) is 41.6 Å². The lowest BCUT2D eigenvalue weighted by atomic mass is 9.97. The van der Waals surface area contributed by atoms with Gasteiger partial charge in [0.1, 0.15) is 0 Å². The van der Waals surface area contributed by atoms with Crippen LogP contribution in [-0.4, -0.2) is 4.98 Å². The number of nitrogens with zero attached hydrogens (tertiary/aromatic N) is 1. The van der Waals surface area contributed by atoms with Crippen LogP contribution in [0.1, 0.15) is 22.7 Å². The van der Waals surface area contributed by atoms with Gasteiger partial charge in [0.15, 0.2) is 0 Å². The molecular weight excluding hydrogens is 240 g/mol. The van der Waals surface area contributed by atoms with E-state index in [4.69, 9.17) is 5.73 Å². The Morgan fingerprint density at radius 3 is 2.89 bits per heavy atom. The predicted molar refractivity (Wildman–Crippen MR) is 76.8 cm³/mol. The number of nitrogens with two attached hydrogens (primary N) is 1. The van der Waals surface area contributed by atoms with Crippen LogP contribution in [-0.2, 0) is 0 Å². The molecule has 2 N–H and O–H groups in total. The Kier molecular flexibility index (Phi) is 2.86. The summed E-state index contributed by atoms with van der Waals surface area (Å²) in [6.45, 7) is 2.07. The molecule has 2 nitrogen and oxygen atoms in total. The van der Waals surface area contributed by atoms with Crippen molar-refractivity contribution in [1.82, 2.24) is 4.98 Å². The van der Waals surface area contributed by atoms with E-state index in [0.29, 0.717) is 0 Å². The summed E-state index contributed by atoms with van der Waals surface area (Å²) in [5.74, 6) is 0. The van der Waals surface area contributed by atoms with E-state index < -0.39 is 0 Å². The molecule has 1 atom stereocenters. The molecule has 0 saturated carbocycles. The standard InChI is InChI=1S/C15H14N2S/c1-10-5-7-17-9-13(10)14(16)12-4-2-3-11-6-8-18-15(11)12/h2-9,14H,16H2,1H3. The predicted octanol–water partition coefficient (Wildman–Crippen LogP) is 3.65. The first-order chi connectivity index (χ1) is 8.77. The van der Waals surface area contributed by atoms with Gasteiger partial charge in [-0.1, -0.05) is 18.2 Å². The molecule has 0 radical (unpaired) electrons. The van der Waals surface area contributed by atoms with Gasteiger partial charge in [0.2, 0.25) is 0 Å². The van der Waals surface area contributed by atoms with Crippen LogP contribution in [0.2, 0.25) is 0 Å². The third-order valence-corrected chi connectivity index (χ3v) is 4.24. The lowest BCUT2D eigenvalue weighted by molar-refractivity contribution is 0.862. The van der Waals surface area contributed by atoms with Gasteiger partial charge in [-0.25, -0.2) is 0 Å². The van der Waals surface area contributed by atoms with Crippen LogP contribution in [0.3, 0.4) is 0 Å². The molecule has 0 aliphatic carbocycles. The minimum Gasteiger partial charge on any atom is -0.320 e. The second kappa shape index (κ2) is 4.52. The number of rotatable bonds is 2. The van der Waals surface area contributed by atoms with Crippen LogP contribution in [0.25, 0.3) is 10.1 Å². The van der Waals surface area contributed by atoms with Gasteiger partial charge in [-0.2, -0.15) is 0 Å². The smallest absolute Gasteiger partial charge is 0.0583 e. The molecule has 0 fully saturated rings. The molecular formula is C15H14N2S. The number of benzene rings is 1. The van der Waals surface area contributed by atoms with E-state index >= 15 is 0 Å². The fourth-order valence-corrected chi connectivity index (χ4v) is 3.18. The number of aryl methyl sites for hydroxylation is 1. The number of aromatic nitrogens is 1. The molecule has 3 heteroatoms. The average molecular weight is 254 g/mol. The van der Waals surface area contributed by atoms with Gasteiger partial charge in [0.25, 0.3) is 0 Å². The maximum absolute atomic E-state index is 6.41. The highest BCUT2D eigenvalue weighted by Crippen LogP contribution is 2.31.